The van der Waals surface area contributed by atoms with Crippen LogP contribution >= 0.6 is 0 Å². The van der Waals surface area contributed by atoms with E-state index >= 15 is 0 Å². The van der Waals surface area contributed by atoms with Crippen LogP contribution < -0.4 is 5.32 Å². The number of carbonyl (C=O) groups excluding carboxylic acids is 1. The van der Waals surface area contributed by atoms with E-state index in [-0.39, 0.29) is 11.8 Å². The molecule has 0 aliphatic heterocycles. The third-order valence-electron chi connectivity index (χ3n) is 4.55. The second kappa shape index (κ2) is 7.43. The van der Waals surface area contributed by atoms with Crippen LogP contribution in [-0.4, -0.2) is 25.6 Å². The van der Waals surface area contributed by atoms with Gasteiger partial charge in [-0.3, -0.25) is 4.79 Å². The Balaban J connectivity index is 1.95. The Morgan fingerprint density at radius 2 is 1.78 bits per heavy atom. The molecule has 1 fully saturated rings. The molecule has 4 nitrogen and oxygen atoms in total. The molecule has 0 heterocycles. The number of halogens is 1. The van der Waals surface area contributed by atoms with E-state index in [0.29, 0.717) is 11.5 Å². The molecule has 1 aromatic carbocycles. The van der Waals surface area contributed by atoms with Crippen LogP contribution in [0.4, 0.5) is 4.39 Å². The Bertz CT molecular complexity index is 634. The van der Waals surface area contributed by atoms with Gasteiger partial charge in [-0.15, -0.1) is 0 Å². The number of amides is 1. The van der Waals surface area contributed by atoms with E-state index in [1.807, 2.05) is 0 Å². The van der Waals surface area contributed by atoms with Crippen LogP contribution in [0.15, 0.2) is 24.3 Å². The van der Waals surface area contributed by atoms with Crippen LogP contribution in [0.5, 0.6) is 0 Å². The van der Waals surface area contributed by atoms with E-state index in [1.165, 1.54) is 31.2 Å². The highest BCUT2D eigenvalue weighted by atomic mass is 32.2. The average molecular weight is 341 g/mol. The predicted octanol–water partition coefficient (Wildman–Crippen LogP) is 2.82. The topological polar surface area (TPSA) is 63.2 Å². The minimum Gasteiger partial charge on any atom is -0.352 e. The van der Waals surface area contributed by atoms with Gasteiger partial charge in [0.25, 0.3) is 0 Å². The Hall–Kier alpha value is -1.43. The molecule has 0 radical (unpaired) electrons. The molecule has 6 heteroatoms. The Morgan fingerprint density at radius 1 is 1.22 bits per heavy atom. The van der Waals surface area contributed by atoms with Crippen LogP contribution in [0.25, 0.3) is 0 Å². The quantitative estimate of drug-likeness (QED) is 0.896. The molecule has 0 saturated heterocycles. The van der Waals surface area contributed by atoms with Crippen LogP contribution in [0.2, 0.25) is 0 Å². The van der Waals surface area contributed by atoms with E-state index in [9.17, 15) is 17.6 Å². The normalized spacial score (nSPS) is 23.3. The molecule has 1 N–H and O–H groups in total. The average Bonchev–Trinajstić information content (AvgIpc) is 2.51. The standard InChI is InChI=1S/C17H24FNO3S/c1-12-3-9-16(10-4-12)19-17(20)13(2)23(21,22)11-14-5-7-15(18)8-6-14/h5-8,12-13,16H,3-4,9-11H2,1-2H3,(H,19,20)/t12?,13-,16?/m1/s1. The molecule has 0 unspecified atom stereocenters. The lowest BCUT2D eigenvalue weighted by Crippen LogP contribution is -2.44. The van der Waals surface area contributed by atoms with Crippen molar-refractivity contribution in [1.29, 1.82) is 0 Å². The Kier molecular flexibility index (Phi) is 5.79. The summed E-state index contributed by atoms with van der Waals surface area (Å²) in [6.45, 7) is 3.60. The first-order chi connectivity index (χ1) is 10.8. The fourth-order valence-corrected chi connectivity index (χ4v) is 4.13. The lowest BCUT2D eigenvalue weighted by molar-refractivity contribution is -0.121. The number of sulfone groups is 1. The van der Waals surface area contributed by atoms with Gasteiger partial charge in [-0.05, 0) is 56.2 Å². The Morgan fingerprint density at radius 3 is 2.35 bits per heavy atom. The van der Waals surface area contributed by atoms with Gasteiger partial charge in [0.2, 0.25) is 5.91 Å². The molecule has 1 saturated carbocycles. The number of hydrogen-bond acceptors (Lipinski definition) is 3. The number of hydrogen-bond donors (Lipinski definition) is 1. The summed E-state index contributed by atoms with van der Waals surface area (Å²) in [6.07, 6.45) is 3.92. The van der Waals surface area contributed by atoms with Crippen LogP contribution in [0.3, 0.4) is 0 Å². The van der Waals surface area contributed by atoms with Crippen molar-refractivity contribution in [2.45, 2.75) is 56.6 Å². The van der Waals surface area contributed by atoms with Crippen molar-refractivity contribution in [2.75, 3.05) is 0 Å². The Labute approximate surface area is 137 Å². The van der Waals surface area contributed by atoms with Gasteiger partial charge >= 0.3 is 0 Å². The van der Waals surface area contributed by atoms with E-state index in [4.69, 9.17) is 0 Å². The molecule has 0 aromatic heterocycles. The summed E-state index contributed by atoms with van der Waals surface area (Å²) in [6, 6.07) is 5.37. The predicted molar refractivity (Wildman–Crippen MR) is 88.0 cm³/mol. The van der Waals surface area contributed by atoms with Gasteiger partial charge in [0, 0.05) is 6.04 Å². The first-order valence-electron chi connectivity index (χ1n) is 8.04. The number of nitrogens with one attached hydrogen (secondary N) is 1. The van der Waals surface area contributed by atoms with Crippen LogP contribution in [0.1, 0.15) is 45.1 Å². The molecule has 1 aromatic rings. The lowest BCUT2D eigenvalue weighted by Gasteiger charge is -2.27. The molecular weight excluding hydrogens is 317 g/mol. The van der Waals surface area contributed by atoms with Gasteiger partial charge in [0.1, 0.15) is 11.1 Å². The fraction of sp³-hybridized carbons (Fsp3) is 0.588. The van der Waals surface area contributed by atoms with E-state index in [0.717, 1.165) is 25.7 Å². The minimum absolute atomic E-state index is 0.0715. The molecule has 2 rings (SSSR count). The second-order valence-electron chi connectivity index (χ2n) is 6.54. The number of benzene rings is 1. The second-order valence-corrected chi connectivity index (χ2v) is 8.86. The summed E-state index contributed by atoms with van der Waals surface area (Å²) in [4.78, 5) is 12.2. The zero-order valence-electron chi connectivity index (χ0n) is 13.6. The molecule has 1 amide bonds. The molecule has 0 spiro atoms. The maximum atomic E-state index is 12.9. The van der Waals surface area contributed by atoms with Gasteiger partial charge in [0.05, 0.1) is 5.75 Å². The maximum Gasteiger partial charge on any atom is 0.238 e. The zero-order chi connectivity index (χ0) is 17.0. The molecule has 1 aliphatic rings. The third kappa shape index (κ3) is 5.03. The molecule has 1 atom stereocenters. The largest absolute Gasteiger partial charge is 0.352 e. The van der Waals surface area contributed by atoms with E-state index in [2.05, 4.69) is 12.2 Å². The zero-order valence-corrected chi connectivity index (χ0v) is 14.4. The van der Waals surface area contributed by atoms with Crippen LogP contribution in [-0.2, 0) is 20.4 Å². The first-order valence-corrected chi connectivity index (χ1v) is 9.76. The SMILES string of the molecule is CC1CCC(NC(=O)[C@@H](C)S(=O)(=O)Cc2ccc(F)cc2)CC1. The highest BCUT2D eigenvalue weighted by Crippen LogP contribution is 2.23. The first kappa shape index (κ1) is 17.9. The smallest absolute Gasteiger partial charge is 0.238 e. The fourth-order valence-electron chi connectivity index (χ4n) is 2.82. The summed E-state index contributed by atoms with van der Waals surface area (Å²) in [7, 11) is -3.62. The molecular formula is C17H24FNO3S. The van der Waals surface area contributed by atoms with Crippen molar-refractivity contribution < 1.29 is 17.6 Å². The number of carbonyl (C=O) groups is 1. The highest BCUT2D eigenvalue weighted by molar-refractivity contribution is 7.92. The van der Waals surface area contributed by atoms with Gasteiger partial charge in [-0.2, -0.15) is 0 Å². The third-order valence-corrected chi connectivity index (χ3v) is 6.58. The minimum atomic E-state index is -3.62. The van der Waals surface area contributed by atoms with Gasteiger partial charge in [-0.1, -0.05) is 19.1 Å². The van der Waals surface area contributed by atoms with Crippen molar-refractivity contribution in [3.63, 3.8) is 0 Å². The monoisotopic (exact) mass is 341 g/mol. The molecule has 1 aliphatic carbocycles. The lowest BCUT2D eigenvalue weighted by atomic mass is 9.87. The molecule has 0 bridgehead atoms. The van der Waals surface area contributed by atoms with Crippen molar-refractivity contribution in [2.24, 2.45) is 5.92 Å². The summed E-state index contributed by atoms with van der Waals surface area (Å²) >= 11 is 0. The van der Waals surface area contributed by atoms with E-state index in [1.54, 1.807) is 0 Å². The van der Waals surface area contributed by atoms with Gasteiger partial charge in [-0.25, -0.2) is 12.8 Å². The van der Waals surface area contributed by atoms with Crippen molar-refractivity contribution >= 4 is 15.7 Å². The van der Waals surface area contributed by atoms with Crippen molar-refractivity contribution in [3.05, 3.63) is 35.6 Å². The summed E-state index contributed by atoms with van der Waals surface area (Å²) in [5.41, 5.74) is 0.484. The summed E-state index contributed by atoms with van der Waals surface area (Å²) in [5.74, 6) is -0.443. The van der Waals surface area contributed by atoms with Crippen molar-refractivity contribution in [3.8, 4) is 0 Å². The summed E-state index contributed by atoms with van der Waals surface area (Å²) in [5, 5.41) is 1.76. The van der Waals surface area contributed by atoms with Crippen LogP contribution in [0, 0.1) is 11.7 Å². The summed E-state index contributed by atoms with van der Waals surface area (Å²) < 4.78 is 37.6. The molecule has 128 valence electrons. The van der Waals surface area contributed by atoms with E-state index < -0.39 is 26.8 Å². The molecule has 23 heavy (non-hydrogen) atoms. The number of rotatable bonds is 5. The maximum absolute atomic E-state index is 12.9. The van der Waals surface area contributed by atoms with Crippen molar-refractivity contribution in [1.82, 2.24) is 5.32 Å². The highest BCUT2D eigenvalue weighted by Gasteiger charge is 2.30. The van der Waals surface area contributed by atoms with Gasteiger partial charge < -0.3 is 5.32 Å². The van der Waals surface area contributed by atoms with Gasteiger partial charge in [0.15, 0.2) is 9.84 Å².